The molecular formula is C17H24ClN7O2S. The molecule has 0 fully saturated rings. The van der Waals surface area contributed by atoms with Crippen molar-refractivity contribution in [2.75, 3.05) is 13.7 Å². The number of nitrogens with zero attached hydrogens (tertiary/aromatic N) is 6. The van der Waals surface area contributed by atoms with E-state index >= 15 is 0 Å². The highest BCUT2D eigenvalue weighted by Crippen LogP contribution is 2.31. The van der Waals surface area contributed by atoms with Crippen LogP contribution >= 0.6 is 22.9 Å². The summed E-state index contributed by atoms with van der Waals surface area (Å²) < 4.78 is 12.5. The molecule has 1 unspecified atom stereocenters. The Labute approximate surface area is 172 Å². The number of aryl methyl sites for hydroxylation is 1. The van der Waals surface area contributed by atoms with E-state index < -0.39 is 0 Å². The molecule has 9 nitrogen and oxygen atoms in total. The van der Waals surface area contributed by atoms with Crippen LogP contribution in [0.2, 0.25) is 5.15 Å². The molecule has 0 aliphatic rings. The van der Waals surface area contributed by atoms with Crippen molar-refractivity contribution in [3.8, 4) is 0 Å². The fourth-order valence-corrected chi connectivity index (χ4v) is 3.97. The van der Waals surface area contributed by atoms with E-state index in [0.717, 1.165) is 22.8 Å². The maximum atomic E-state index is 6.32. The number of methoxy groups -OCH3 is 1. The number of nitrogens with one attached hydrogen (secondary N) is 1. The van der Waals surface area contributed by atoms with Crippen molar-refractivity contribution >= 4 is 22.9 Å². The SMILES string of the molecule is COCCCn1nnnc1C(NCc1ncoc1C(C)(C)C)c1scnc1Cl. The lowest BCUT2D eigenvalue weighted by molar-refractivity contribution is 0.188. The number of rotatable bonds is 9. The number of aromatic nitrogens is 6. The average molecular weight is 426 g/mol. The third kappa shape index (κ3) is 4.75. The molecule has 0 aliphatic heterocycles. The Morgan fingerprint density at radius 2 is 2.18 bits per heavy atom. The van der Waals surface area contributed by atoms with Gasteiger partial charge in [-0.25, -0.2) is 14.6 Å². The minimum atomic E-state index is -0.318. The van der Waals surface area contributed by atoms with Gasteiger partial charge in [-0.2, -0.15) is 0 Å². The van der Waals surface area contributed by atoms with Crippen LogP contribution < -0.4 is 5.32 Å². The van der Waals surface area contributed by atoms with Gasteiger partial charge in [0.2, 0.25) is 0 Å². The van der Waals surface area contributed by atoms with E-state index in [1.807, 2.05) is 0 Å². The van der Waals surface area contributed by atoms with E-state index in [2.05, 4.69) is 51.6 Å². The van der Waals surface area contributed by atoms with Crippen LogP contribution in [0.4, 0.5) is 0 Å². The van der Waals surface area contributed by atoms with E-state index in [-0.39, 0.29) is 11.5 Å². The molecule has 11 heteroatoms. The fourth-order valence-electron chi connectivity index (χ4n) is 2.87. The first-order valence-corrected chi connectivity index (χ1v) is 10.2. The Morgan fingerprint density at radius 1 is 1.36 bits per heavy atom. The molecule has 0 amide bonds. The number of halogens is 1. The Hall–Kier alpha value is -1.88. The number of thiazole rings is 1. The molecule has 3 aromatic rings. The van der Waals surface area contributed by atoms with Gasteiger partial charge in [-0.1, -0.05) is 32.4 Å². The predicted octanol–water partition coefficient (Wildman–Crippen LogP) is 2.98. The molecular weight excluding hydrogens is 402 g/mol. The maximum absolute atomic E-state index is 6.32. The van der Waals surface area contributed by atoms with E-state index in [0.29, 0.717) is 30.7 Å². The first-order valence-electron chi connectivity index (χ1n) is 8.92. The van der Waals surface area contributed by atoms with Gasteiger partial charge in [-0.15, -0.1) is 16.4 Å². The number of ether oxygens (including phenoxy) is 1. The van der Waals surface area contributed by atoms with Gasteiger partial charge in [0.15, 0.2) is 12.2 Å². The molecule has 1 N–H and O–H groups in total. The van der Waals surface area contributed by atoms with E-state index in [4.69, 9.17) is 20.8 Å². The van der Waals surface area contributed by atoms with Crippen molar-refractivity contribution in [1.29, 1.82) is 0 Å². The van der Waals surface area contributed by atoms with Crippen LogP contribution in [0.15, 0.2) is 16.3 Å². The van der Waals surface area contributed by atoms with Crippen molar-refractivity contribution in [3.05, 3.63) is 39.2 Å². The maximum Gasteiger partial charge on any atom is 0.181 e. The molecule has 0 aliphatic carbocycles. The summed E-state index contributed by atoms with van der Waals surface area (Å²) in [6.07, 6.45) is 2.27. The number of oxazole rings is 1. The molecule has 3 heterocycles. The summed E-state index contributed by atoms with van der Waals surface area (Å²) in [7, 11) is 1.67. The molecule has 0 bridgehead atoms. The van der Waals surface area contributed by atoms with Gasteiger partial charge in [0, 0.05) is 32.2 Å². The Morgan fingerprint density at radius 3 is 2.86 bits per heavy atom. The molecule has 0 aromatic carbocycles. The molecule has 0 saturated carbocycles. The molecule has 0 radical (unpaired) electrons. The molecule has 3 aromatic heterocycles. The van der Waals surface area contributed by atoms with Crippen molar-refractivity contribution in [1.82, 2.24) is 35.5 Å². The zero-order valence-corrected chi connectivity index (χ0v) is 17.9. The van der Waals surface area contributed by atoms with Crippen LogP contribution in [0.3, 0.4) is 0 Å². The number of tetrazole rings is 1. The smallest absolute Gasteiger partial charge is 0.181 e. The lowest BCUT2D eigenvalue weighted by Gasteiger charge is -2.19. The van der Waals surface area contributed by atoms with Gasteiger partial charge in [0.1, 0.15) is 17.0 Å². The Kier molecular flexibility index (Phi) is 6.76. The summed E-state index contributed by atoms with van der Waals surface area (Å²) in [5.74, 6) is 1.51. The van der Waals surface area contributed by atoms with Gasteiger partial charge < -0.3 is 9.15 Å². The molecule has 152 valence electrons. The summed E-state index contributed by atoms with van der Waals surface area (Å²) in [5, 5.41) is 16.1. The van der Waals surface area contributed by atoms with Crippen molar-refractivity contribution in [2.45, 2.75) is 51.7 Å². The summed E-state index contributed by atoms with van der Waals surface area (Å²) in [6, 6.07) is -0.318. The molecule has 3 rings (SSSR count). The van der Waals surface area contributed by atoms with Crippen molar-refractivity contribution in [3.63, 3.8) is 0 Å². The molecule has 28 heavy (non-hydrogen) atoms. The quantitative estimate of drug-likeness (QED) is 0.522. The summed E-state index contributed by atoms with van der Waals surface area (Å²) in [6.45, 7) is 8.02. The second kappa shape index (κ2) is 9.08. The van der Waals surface area contributed by atoms with Gasteiger partial charge >= 0.3 is 0 Å². The zero-order valence-electron chi connectivity index (χ0n) is 16.3. The van der Waals surface area contributed by atoms with Crippen LogP contribution in [0.1, 0.15) is 55.4 Å². The highest BCUT2D eigenvalue weighted by atomic mass is 35.5. The normalized spacial score (nSPS) is 13.2. The van der Waals surface area contributed by atoms with Crippen LogP contribution in [0.5, 0.6) is 0 Å². The highest BCUT2D eigenvalue weighted by molar-refractivity contribution is 7.10. The lowest BCUT2D eigenvalue weighted by Crippen LogP contribution is -2.27. The lowest BCUT2D eigenvalue weighted by atomic mass is 9.92. The third-order valence-electron chi connectivity index (χ3n) is 4.14. The van der Waals surface area contributed by atoms with Crippen LogP contribution in [0.25, 0.3) is 0 Å². The van der Waals surface area contributed by atoms with Crippen molar-refractivity contribution < 1.29 is 9.15 Å². The number of hydrogen-bond acceptors (Lipinski definition) is 9. The monoisotopic (exact) mass is 425 g/mol. The van der Waals surface area contributed by atoms with Crippen LogP contribution in [-0.4, -0.2) is 43.9 Å². The first-order chi connectivity index (χ1) is 13.4. The van der Waals surface area contributed by atoms with E-state index in [1.165, 1.54) is 17.7 Å². The standard InChI is InChI=1S/C17H24ClN7O2S/c1-17(2,3)14-11(20-9-27-14)8-19-12(13-15(18)21-10-28-13)16-22-23-24-25(16)6-5-7-26-4/h9-10,12,19H,5-8H2,1-4H3. The number of hydrogen-bond donors (Lipinski definition) is 1. The summed E-state index contributed by atoms with van der Waals surface area (Å²) in [5.41, 5.74) is 2.41. The fraction of sp³-hybridized carbons (Fsp3) is 0.588. The second-order valence-corrected chi connectivity index (χ2v) is 8.55. The minimum absolute atomic E-state index is 0.146. The van der Waals surface area contributed by atoms with Crippen LogP contribution in [0, 0.1) is 0 Å². The van der Waals surface area contributed by atoms with Crippen LogP contribution in [-0.2, 0) is 23.2 Å². The van der Waals surface area contributed by atoms with Gasteiger partial charge in [0.05, 0.1) is 16.1 Å². The Bertz CT molecular complexity index is 886. The van der Waals surface area contributed by atoms with Gasteiger partial charge in [-0.05, 0) is 16.8 Å². The topological polar surface area (TPSA) is 104 Å². The third-order valence-corrected chi connectivity index (χ3v) is 5.45. The van der Waals surface area contributed by atoms with Gasteiger partial charge in [-0.3, -0.25) is 5.32 Å². The minimum Gasteiger partial charge on any atom is -0.448 e. The second-order valence-electron chi connectivity index (χ2n) is 7.31. The van der Waals surface area contributed by atoms with Gasteiger partial charge in [0.25, 0.3) is 0 Å². The first kappa shape index (κ1) is 20.8. The molecule has 0 saturated heterocycles. The molecule has 1 atom stereocenters. The Balaban J connectivity index is 1.85. The zero-order chi connectivity index (χ0) is 20.1. The summed E-state index contributed by atoms with van der Waals surface area (Å²) in [4.78, 5) is 9.39. The largest absolute Gasteiger partial charge is 0.448 e. The van der Waals surface area contributed by atoms with E-state index in [1.54, 1.807) is 17.3 Å². The summed E-state index contributed by atoms with van der Waals surface area (Å²) >= 11 is 7.78. The average Bonchev–Trinajstić information content (AvgIpc) is 3.37. The van der Waals surface area contributed by atoms with E-state index in [9.17, 15) is 0 Å². The van der Waals surface area contributed by atoms with Crippen molar-refractivity contribution in [2.24, 2.45) is 0 Å². The molecule has 0 spiro atoms. The highest BCUT2D eigenvalue weighted by Gasteiger charge is 2.28. The predicted molar refractivity (Wildman–Crippen MR) is 105 cm³/mol.